The third kappa shape index (κ3) is 3.63. The Bertz CT molecular complexity index is 826. The molecule has 1 aromatic carbocycles. The van der Waals surface area contributed by atoms with Crippen molar-refractivity contribution < 1.29 is 9.32 Å². The third-order valence-corrected chi connectivity index (χ3v) is 4.69. The normalized spacial score (nSPS) is 11.3. The molecule has 7 heteroatoms. The molecule has 0 radical (unpaired) electrons. The fourth-order valence-corrected chi connectivity index (χ4v) is 3.51. The van der Waals surface area contributed by atoms with E-state index in [1.54, 1.807) is 11.0 Å². The molecule has 0 aliphatic carbocycles. The highest BCUT2D eigenvalue weighted by Gasteiger charge is 2.23. The minimum atomic E-state index is -0.206. The number of carbonyl (C=O) groups excluding carboxylic acids is 1. The van der Waals surface area contributed by atoms with E-state index in [9.17, 15) is 4.79 Å². The summed E-state index contributed by atoms with van der Waals surface area (Å²) in [5, 5.41) is 4.32. The van der Waals surface area contributed by atoms with Crippen LogP contribution in [0.5, 0.6) is 0 Å². The van der Waals surface area contributed by atoms with Crippen LogP contribution in [0.1, 0.15) is 22.5 Å². The molecule has 0 aliphatic rings. The van der Waals surface area contributed by atoms with E-state index < -0.39 is 0 Å². The fraction of sp³-hybridized carbons (Fsp3) is 0.353. The second-order valence-corrected chi connectivity index (χ2v) is 6.97. The van der Waals surface area contributed by atoms with E-state index in [0.717, 1.165) is 23.2 Å². The number of rotatable bonds is 6. The summed E-state index contributed by atoms with van der Waals surface area (Å²) >= 11 is 1.52. The van der Waals surface area contributed by atoms with Crippen LogP contribution in [0.2, 0.25) is 0 Å². The summed E-state index contributed by atoms with van der Waals surface area (Å²) in [4.78, 5) is 21.2. The van der Waals surface area contributed by atoms with Crippen LogP contribution in [0.15, 0.2) is 35.0 Å². The summed E-state index contributed by atoms with van der Waals surface area (Å²) in [6, 6.07) is 7.69. The molecule has 3 rings (SSSR count). The van der Waals surface area contributed by atoms with Gasteiger partial charge in [0.1, 0.15) is 0 Å². The molecule has 0 atom stereocenters. The van der Waals surface area contributed by atoms with Gasteiger partial charge in [0, 0.05) is 12.6 Å². The SMILES string of the molecule is Cc1ccc2nc(N(CCCN(C)C)C(=O)c3ccno3)sc2c1. The van der Waals surface area contributed by atoms with Crippen LogP contribution in [-0.2, 0) is 0 Å². The van der Waals surface area contributed by atoms with Crippen molar-refractivity contribution >= 4 is 32.6 Å². The monoisotopic (exact) mass is 344 g/mol. The molecule has 0 aliphatic heterocycles. The van der Waals surface area contributed by atoms with Gasteiger partial charge in [0.2, 0.25) is 5.76 Å². The van der Waals surface area contributed by atoms with Crippen LogP contribution >= 0.6 is 11.3 Å². The Morgan fingerprint density at radius 3 is 2.79 bits per heavy atom. The second kappa shape index (κ2) is 7.11. The minimum absolute atomic E-state index is 0.206. The van der Waals surface area contributed by atoms with E-state index >= 15 is 0 Å². The number of amides is 1. The number of nitrogens with zero attached hydrogens (tertiary/aromatic N) is 4. The zero-order valence-corrected chi connectivity index (χ0v) is 14.8. The maximum atomic E-state index is 12.8. The Balaban J connectivity index is 1.91. The third-order valence-electron chi connectivity index (χ3n) is 3.64. The average Bonchev–Trinajstić information content (AvgIpc) is 3.19. The zero-order valence-electron chi connectivity index (χ0n) is 14.0. The molecule has 0 bridgehead atoms. The summed E-state index contributed by atoms with van der Waals surface area (Å²) in [6.45, 7) is 3.52. The van der Waals surface area contributed by atoms with Gasteiger partial charge in [-0.05, 0) is 51.7 Å². The predicted molar refractivity (Wildman–Crippen MR) is 95.7 cm³/mol. The van der Waals surface area contributed by atoms with Crippen molar-refractivity contribution in [1.82, 2.24) is 15.0 Å². The van der Waals surface area contributed by atoms with E-state index in [4.69, 9.17) is 4.52 Å². The van der Waals surface area contributed by atoms with Crippen LogP contribution in [-0.4, -0.2) is 48.1 Å². The Kier molecular flexibility index (Phi) is 4.92. The van der Waals surface area contributed by atoms with Gasteiger partial charge >= 0.3 is 0 Å². The van der Waals surface area contributed by atoms with Crippen molar-refractivity contribution in [3.8, 4) is 0 Å². The quantitative estimate of drug-likeness (QED) is 0.687. The molecule has 0 unspecified atom stereocenters. The molecule has 0 fully saturated rings. The summed E-state index contributed by atoms with van der Waals surface area (Å²) in [7, 11) is 4.03. The van der Waals surface area contributed by atoms with Crippen molar-refractivity contribution in [2.75, 3.05) is 32.1 Å². The number of aromatic nitrogens is 2. The summed E-state index contributed by atoms with van der Waals surface area (Å²) in [5.74, 6) is 0.0253. The van der Waals surface area contributed by atoms with Crippen molar-refractivity contribution in [3.63, 3.8) is 0 Å². The Labute approximate surface area is 144 Å². The van der Waals surface area contributed by atoms with Gasteiger partial charge in [0.25, 0.3) is 5.91 Å². The molecule has 2 heterocycles. The lowest BCUT2D eigenvalue weighted by atomic mass is 10.2. The van der Waals surface area contributed by atoms with E-state index in [-0.39, 0.29) is 11.7 Å². The Morgan fingerprint density at radius 1 is 1.25 bits per heavy atom. The first kappa shape index (κ1) is 16.6. The maximum Gasteiger partial charge on any atom is 0.298 e. The molecule has 6 nitrogen and oxygen atoms in total. The molecule has 2 aromatic heterocycles. The number of hydrogen-bond donors (Lipinski definition) is 0. The van der Waals surface area contributed by atoms with Gasteiger partial charge in [-0.15, -0.1) is 0 Å². The van der Waals surface area contributed by atoms with Gasteiger partial charge in [-0.25, -0.2) is 4.98 Å². The molecule has 1 amide bonds. The van der Waals surface area contributed by atoms with Gasteiger partial charge < -0.3 is 9.42 Å². The van der Waals surface area contributed by atoms with E-state index in [1.165, 1.54) is 23.1 Å². The van der Waals surface area contributed by atoms with Gasteiger partial charge in [0.15, 0.2) is 5.13 Å². The number of carbonyl (C=O) groups is 1. The number of hydrogen-bond acceptors (Lipinski definition) is 6. The molecule has 0 spiro atoms. The van der Waals surface area contributed by atoms with Gasteiger partial charge in [-0.3, -0.25) is 9.69 Å². The summed E-state index contributed by atoms with van der Waals surface area (Å²) in [6.07, 6.45) is 2.33. The van der Waals surface area contributed by atoms with E-state index in [1.807, 2.05) is 33.2 Å². The highest BCUT2D eigenvalue weighted by atomic mass is 32.1. The highest BCUT2D eigenvalue weighted by Crippen LogP contribution is 2.30. The Hall–Kier alpha value is -2.25. The molecular weight excluding hydrogens is 324 g/mol. The molecule has 24 heavy (non-hydrogen) atoms. The molecule has 126 valence electrons. The van der Waals surface area contributed by atoms with Crippen molar-refractivity contribution in [1.29, 1.82) is 0 Å². The Morgan fingerprint density at radius 2 is 2.08 bits per heavy atom. The van der Waals surface area contributed by atoms with E-state index in [0.29, 0.717) is 11.7 Å². The average molecular weight is 344 g/mol. The van der Waals surface area contributed by atoms with Crippen LogP contribution in [0, 0.1) is 6.92 Å². The highest BCUT2D eigenvalue weighted by molar-refractivity contribution is 7.22. The van der Waals surface area contributed by atoms with Crippen LogP contribution in [0.3, 0.4) is 0 Å². The van der Waals surface area contributed by atoms with Gasteiger partial charge in [-0.2, -0.15) is 0 Å². The topological polar surface area (TPSA) is 62.5 Å². The van der Waals surface area contributed by atoms with Gasteiger partial charge in [-0.1, -0.05) is 22.6 Å². The molecule has 0 saturated heterocycles. The smallest absolute Gasteiger partial charge is 0.298 e. The predicted octanol–water partition coefficient (Wildman–Crippen LogP) is 3.19. The van der Waals surface area contributed by atoms with Crippen molar-refractivity contribution in [2.24, 2.45) is 0 Å². The lowest BCUT2D eigenvalue weighted by Gasteiger charge is -2.19. The molecule has 0 saturated carbocycles. The minimum Gasteiger partial charge on any atom is -0.351 e. The van der Waals surface area contributed by atoms with Crippen LogP contribution in [0.4, 0.5) is 5.13 Å². The first-order valence-corrected chi connectivity index (χ1v) is 8.61. The number of benzene rings is 1. The summed E-state index contributed by atoms with van der Waals surface area (Å²) < 4.78 is 6.12. The standard InChI is InChI=1S/C17H20N4O2S/c1-12-5-6-13-15(11-12)24-17(19-13)21(10-4-9-20(2)3)16(22)14-7-8-18-23-14/h5-8,11H,4,9-10H2,1-3H3. The van der Waals surface area contributed by atoms with E-state index in [2.05, 4.69) is 21.1 Å². The van der Waals surface area contributed by atoms with Crippen molar-refractivity contribution in [2.45, 2.75) is 13.3 Å². The number of aryl methyl sites for hydroxylation is 1. The zero-order chi connectivity index (χ0) is 17.1. The molecular formula is C17H20N4O2S. The molecule has 3 aromatic rings. The van der Waals surface area contributed by atoms with Crippen molar-refractivity contribution in [3.05, 3.63) is 41.8 Å². The number of anilines is 1. The second-order valence-electron chi connectivity index (χ2n) is 5.96. The maximum absolute atomic E-state index is 12.8. The first-order chi connectivity index (χ1) is 11.5. The number of thiazole rings is 1. The largest absolute Gasteiger partial charge is 0.351 e. The lowest BCUT2D eigenvalue weighted by molar-refractivity contribution is 0.0950. The fourth-order valence-electron chi connectivity index (χ4n) is 2.42. The number of fused-ring (bicyclic) bond motifs is 1. The lowest BCUT2D eigenvalue weighted by Crippen LogP contribution is -2.33. The van der Waals surface area contributed by atoms with Gasteiger partial charge in [0.05, 0.1) is 16.4 Å². The summed E-state index contributed by atoms with van der Waals surface area (Å²) in [5.41, 5.74) is 2.09. The van der Waals surface area contributed by atoms with Crippen LogP contribution in [0.25, 0.3) is 10.2 Å². The first-order valence-electron chi connectivity index (χ1n) is 7.79. The molecule has 0 N–H and O–H groups in total. The van der Waals surface area contributed by atoms with Crippen LogP contribution < -0.4 is 4.90 Å².